The molecule has 0 heterocycles. The van der Waals surface area contributed by atoms with Crippen molar-refractivity contribution in [3.63, 3.8) is 0 Å². The van der Waals surface area contributed by atoms with Gasteiger partial charge in [-0.05, 0) is 45.5 Å². The Bertz CT molecular complexity index is 1120. The number of hydrogen-bond acceptors (Lipinski definition) is 6. The monoisotopic (exact) mass is 514 g/mol. The van der Waals surface area contributed by atoms with Crippen molar-refractivity contribution in [2.45, 2.75) is 57.6 Å². The van der Waals surface area contributed by atoms with E-state index in [9.17, 15) is 9.13 Å². The van der Waals surface area contributed by atoms with E-state index in [2.05, 4.69) is 0 Å². The Morgan fingerprint density at radius 2 is 1.06 bits per heavy atom. The molecule has 3 unspecified atom stereocenters. The fourth-order valence-corrected chi connectivity index (χ4v) is 5.44. The molecule has 0 N–H and O–H groups in total. The van der Waals surface area contributed by atoms with E-state index in [0.717, 1.165) is 0 Å². The SMILES string of the molecule is CCC(C)(Oc1ccccc1)[P+](=O)Oc1cccc(O[P+](=O)C(CC)(CC)Oc2ccccc2)c1. The average molecular weight is 514 g/mol. The van der Waals surface area contributed by atoms with Crippen LogP contribution in [0.25, 0.3) is 0 Å². The van der Waals surface area contributed by atoms with Crippen LogP contribution in [0.15, 0.2) is 84.9 Å². The minimum Gasteiger partial charge on any atom is -0.442 e. The normalized spacial score (nSPS) is 13.8. The molecule has 0 saturated carbocycles. The Balaban J connectivity index is 1.73. The van der Waals surface area contributed by atoms with Crippen molar-refractivity contribution in [3.8, 4) is 23.0 Å². The third-order valence-corrected chi connectivity index (χ3v) is 9.12. The van der Waals surface area contributed by atoms with Gasteiger partial charge in [0.05, 0.1) is 0 Å². The van der Waals surface area contributed by atoms with Crippen LogP contribution in [-0.4, -0.2) is 10.7 Å². The summed E-state index contributed by atoms with van der Waals surface area (Å²) in [6.07, 6.45) is 1.48. The van der Waals surface area contributed by atoms with Gasteiger partial charge in [-0.1, -0.05) is 63.2 Å². The van der Waals surface area contributed by atoms with Crippen LogP contribution in [0.5, 0.6) is 23.0 Å². The first kappa shape index (κ1) is 26.7. The van der Waals surface area contributed by atoms with Crippen molar-refractivity contribution in [2.75, 3.05) is 0 Å². The van der Waals surface area contributed by atoms with E-state index >= 15 is 0 Å². The molecule has 0 saturated heterocycles. The summed E-state index contributed by atoms with van der Waals surface area (Å²) in [5.41, 5.74) is 0. The summed E-state index contributed by atoms with van der Waals surface area (Å²) in [7, 11) is -4.49. The maximum Gasteiger partial charge on any atom is 0.604 e. The summed E-state index contributed by atoms with van der Waals surface area (Å²) in [4.78, 5) is 0. The van der Waals surface area contributed by atoms with Gasteiger partial charge in [0.1, 0.15) is 11.5 Å². The van der Waals surface area contributed by atoms with E-state index in [1.807, 2.05) is 81.4 Å². The quantitative estimate of drug-likeness (QED) is 0.212. The van der Waals surface area contributed by atoms with E-state index in [0.29, 0.717) is 42.3 Å². The fraction of sp³-hybridized carbons (Fsp3) is 0.333. The highest BCUT2D eigenvalue weighted by Crippen LogP contribution is 2.48. The first-order valence-corrected chi connectivity index (χ1v) is 14.1. The van der Waals surface area contributed by atoms with Gasteiger partial charge in [-0.3, -0.25) is 9.05 Å². The third kappa shape index (κ3) is 6.81. The highest BCUT2D eigenvalue weighted by molar-refractivity contribution is 7.41. The lowest BCUT2D eigenvalue weighted by molar-refractivity contribution is 0.135. The van der Waals surface area contributed by atoms with Crippen LogP contribution in [0.1, 0.15) is 47.0 Å². The number of hydrogen-bond donors (Lipinski definition) is 0. The van der Waals surface area contributed by atoms with Crippen LogP contribution in [0.3, 0.4) is 0 Å². The minimum absolute atomic E-state index is 0.339. The Kier molecular flexibility index (Phi) is 9.26. The van der Waals surface area contributed by atoms with E-state index in [-0.39, 0.29) is 0 Å². The van der Waals surface area contributed by atoms with E-state index in [4.69, 9.17) is 18.5 Å². The largest absolute Gasteiger partial charge is 0.604 e. The average Bonchev–Trinajstić information content (AvgIpc) is 2.88. The highest BCUT2D eigenvalue weighted by Gasteiger charge is 2.53. The van der Waals surface area contributed by atoms with Gasteiger partial charge in [0.2, 0.25) is 0 Å². The van der Waals surface area contributed by atoms with Gasteiger partial charge < -0.3 is 9.47 Å². The lowest BCUT2D eigenvalue weighted by Gasteiger charge is -2.21. The number of para-hydroxylation sites is 2. The van der Waals surface area contributed by atoms with Crippen molar-refractivity contribution >= 4 is 16.1 Å². The summed E-state index contributed by atoms with van der Waals surface area (Å²) >= 11 is 0. The molecular weight excluding hydrogens is 482 g/mol. The van der Waals surface area contributed by atoms with Crippen LogP contribution in [-0.2, 0) is 9.13 Å². The molecule has 0 aromatic heterocycles. The molecule has 0 aliphatic rings. The lowest BCUT2D eigenvalue weighted by Crippen LogP contribution is -2.31. The molecule has 3 aromatic carbocycles. The Morgan fingerprint density at radius 3 is 1.54 bits per heavy atom. The van der Waals surface area contributed by atoms with Gasteiger partial charge in [-0.2, -0.15) is 0 Å². The van der Waals surface area contributed by atoms with Gasteiger partial charge >= 0.3 is 26.7 Å². The Labute approximate surface area is 209 Å². The molecule has 0 aliphatic carbocycles. The van der Waals surface area contributed by atoms with Gasteiger partial charge in [0.25, 0.3) is 0 Å². The standard InChI is InChI=1S/C27H32O6P2/c1-5-26(4,30-22-15-10-8-11-16-22)34(28)32-24-19-14-20-25(21-24)33-35(29)27(6-2,7-3)31-23-17-12-9-13-18-23/h8-21H,5-7H2,1-4H3/q+2. The molecule has 0 fully saturated rings. The molecule has 0 bridgehead atoms. The summed E-state index contributed by atoms with van der Waals surface area (Å²) < 4.78 is 50.2. The van der Waals surface area contributed by atoms with Crippen LogP contribution in [0.4, 0.5) is 0 Å². The van der Waals surface area contributed by atoms with Crippen LogP contribution < -0.4 is 18.5 Å². The fourth-order valence-electron chi connectivity index (χ4n) is 3.34. The number of ether oxygens (including phenoxy) is 2. The second kappa shape index (κ2) is 12.2. The zero-order valence-corrected chi connectivity index (χ0v) is 22.3. The number of benzene rings is 3. The van der Waals surface area contributed by atoms with Gasteiger partial charge in [-0.15, -0.1) is 0 Å². The molecule has 8 heteroatoms. The predicted octanol–water partition coefficient (Wildman–Crippen LogP) is 8.73. The molecule has 35 heavy (non-hydrogen) atoms. The molecule has 0 amide bonds. The first-order valence-electron chi connectivity index (χ1n) is 11.7. The van der Waals surface area contributed by atoms with Crippen molar-refractivity contribution in [3.05, 3.63) is 84.9 Å². The lowest BCUT2D eigenvalue weighted by atomic mass is 10.2. The molecule has 3 aromatic rings. The van der Waals surface area contributed by atoms with Crippen molar-refractivity contribution in [2.24, 2.45) is 0 Å². The molecule has 6 nitrogen and oxygen atoms in total. The molecule has 0 spiro atoms. The van der Waals surface area contributed by atoms with Gasteiger partial charge in [0.15, 0.2) is 11.5 Å². The highest BCUT2D eigenvalue weighted by atomic mass is 31.1. The zero-order valence-electron chi connectivity index (χ0n) is 20.5. The maximum atomic E-state index is 13.3. The van der Waals surface area contributed by atoms with E-state index < -0.39 is 26.7 Å². The smallest absolute Gasteiger partial charge is 0.442 e. The Hall–Kier alpha value is -2.94. The molecule has 0 radical (unpaired) electrons. The zero-order chi connectivity index (χ0) is 25.3. The summed E-state index contributed by atoms with van der Waals surface area (Å²) in [6.45, 7) is 7.50. The maximum absolute atomic E-state index is 13.3. The van der Waals surface area contributed by atoms with Crippen molar-refractivity contribution in [1.29, 1.82) is 0 Å². The predicted molar refractivity (Wildman–Crippen MR) is 139 cm³/mol. The topological polar surface area (TPSA) is 71.1 Å². The summed E-state index contributed by atoms with van der Waals surface area (Å²) in [6, 6.07) is 25.2. The van der Waals surface area contributed by atoms with Gasteiger partial charge in [0, 0.05) is 32.3 Å². The van der Waals surface area contributed by atoms with Crippen LogP contribution in [0.2, 0.25) is 0 Å². The van der Waals surface area contributed by atoms with E-state index in [1.165, 1.54) is 0 Å². The molecule has 0 aliphatic heterocycles. The second-order valence-corrected chi connectivity index (χ2v) is 11.3. The minimum atomic E-state index is -2.25. The van der Waals surface area contributed by atoms with E-state index in [1.54, 1.807) is 31.2 Å². The van der Waals surface area contributed by atoms with Crippen molar-refractivity contribution < 1.29 is 27.7 Å². The molecule has 3 rings (SSSR count). The molecular formula is C27H32O6P2+2. The summed E-state index contributed by atoms with van der Waals surface area (Å²) in [5.74, 6) is 1.93. The molecule has 3 atom stereocenters. The Morgan fingerprint density at radius 1 is 0.600 bits per heavy atom. The first-order chi connectivity index (χ1) is 16.8. The third-order valence-electron chi connectivity index (χ3n) is 5.79. The van der Waals surface area contributed by atoms with Gasteiger partial charge in [-0.25, -0.2) is 0 Å². The number of rotatable bonds is 13. The van der Waals surface area contributed by atoms with Crippen molar-refractivity contribution in [1.82, 2.24) is 0 Å². The van der Waals surface area contributed by atoms with Crippen LogP contribution in [0, 0.1) is 0 Å². The summed E-state index contributed by atoms with van der Waals surface area (Å²) in [5, 5.41) is -2.01. The van der Waals surface area contributed by atoms with Crippen LogP contribution >= 0.6 is 16.1 Å². The second-order valence-electron chi connectivity index (χ2n) is 8.18. The molecule has 184 valence electrons.